The maximum atomic E-state index is 13.0. The van der Waals surface area contributed by atoms with Gasteiger partial charge in [0.05, 0.1) is 5.69 Å². The molecule has 24 heavy (non-hydrogen) atoms. The molecule has 1 aromatic carbocycles. The summed E-state index contributed by atoms with van der Waals surface area (Å²) >= 11 is 0. The highest BCUT2D eigenvalue weighted by Crippen LogP contribution is 2.20. The summed E-state index contributed by atoms with van der Waals surface area (Å²) in [5.74, 6) is -0.484. The van der Waals surface area contributed by atoms with E-state index < -0.39 is 0 Å². The average molecular weight is 332 g/mol. The molecule has 0 aliphatic rings. The Balaban J connectivity index is 2.06. The van der Waals surface area contributed by atoms with E-state index in [1.54, 1.807) is 29.9 Å². The van der Waals surface area contributed by atoms with Crippen LogP contribution in [0, 0.1) is 5.82 Å². The van der Waals surface area contributed by atoms with Gasteiger partial charge in [-0.2, -0.15) is 5.10 Å². The van der Waals surface area contributed by atoms with Gasteiger partial charge in [0.2, 0.25) is 0 Å². The molecule has 5 nitrogen and oxygen atoms in total. The van der Waals surface area contributed by atoms with Crippen molar-refractivity contribution < 1.29 is 9.18 Å². The molecule has 0 saturated heterocycles. The first-order valence-corrected chi connectivity index (χ1v) is 8.28. The summed E-state index contributed by atoms with van der Waals surface area (Å²) in [5, 5.41) is 7.20. The molecule has 0 radical (unpaired) electrons. The van der Waals surface area contributed by atoms with Crippen LogP contribution in [-0.4, -0.2) is 46.3 Å². The number of hydrogen-bond acceptors (Lipinski definition) is 3. The fraction of sp³-hybridized carbons (Fsp3) is 0.444. The lowest BCUT2D eigenvalue weighted by molar-refractivity contribution is 0.0932. The third kappa shape index (κ3) is 4.20. The Morgan fingerprint density at radius 3 is 2.50 bits per heavy atom. The van der Waals surface area contributed by atoms with E-state index in [2.05, 4.69) is 36.1 Å². The van der Waals surface area contributed by atoms with Crippen molar-refractivity contribution in [2.45, 2.75) is 26.8 Å². The van der Waals surface area contributed by atoms with Crippen molar-refractivity contribution >= 4 is 5.91 Å². The molecule has 0 bridgehead atoms. The molecule has 0 spiro atoms. The number of aromatic nitrogens is 2. The van der Waals surface area contributed by atoms with Gasteiger partial charge in [-0.1, -0.05) is 13.8 Å². The SMILES string of the molecule is CCN(CC)C(C)CNC(=O)c1cc(-c2ccc(F)cc2)n(C)n1. The number of rotatable bonds is 7. The molecule has 0 fully saturated rings. The molecule has 1 aromatic heterocycles. The number of hydrogen-bond donors (Lipinski definition) is 1. The second kappa shape index (κ2) is 8.06. The molecule has 1 N–H and O–H groups in total. The number of amides is 1. The van der Waals surface area contributed by atoms with Crippen molar-refractivity contribution in [1.29, 1.82) is 0 Å². The van der Waals surface area contributed by atoms with Crippen LogP contribution in [0.1, 0.15) is 31.3 Å². The minimum atomic E-state index is -0.288. The van der Waals surface area contributed by atoms with Crippen molar-refractivity contribution in [3.05, 3.63) is 41.8 Å². The Bertz CT molecular complexity index is 677. The summed E-state index contributed by atoms with van der Waals surface area (Å²) in [5.41, 5.74) is 1.96. The Morgan fingerprint density at radius 2 is 1.92 bits per heavy atom. The third-order valence-electron chi connectivity index (χ3n) is 4.25. The number of carbonyl (C=O) groups is 1. The second-order valence-electron chi connectivity index (χ2n) is 5.83. The van der Waals surface area contributed by atoms with Gasteiger partial charge in [-0.25, -0.2) is 4.39 Å². The van der Waals surface area contributed by atoms with Crippen LogP contribution in [0.2, 0.25) is 0 Å². The fourth-order valence-corrected chi connectivity index (χ4v) is 2.78. The van der Waals surface area contributed by atoms with Crippen molar-refractivity contribution in [1.82, 2.24) is 20.0 Å². The first-order valence-electron chi connectivity index (χ1n) is 8.28. The monoisotopic (exact) mass is 332 g/mol. The van der Waals surface area contributed by atoms with E-state index in [4.69, 9.17) is 0 Å². The lowest BCUT2D eigenvalue weighted by atomic mass is 10.1. The van der Waals surface area contributed by atoms with Gasteiger partial charge < -0.3 is 5.32 Å². The Labute approximate surface area is 142 Å². The molecule has 0 saturated carbocycles. The molecule has 1 unspecified atom stereocenters. The highest BCUT2D eigenvalue weighted by Gasteiger charge is 2.16. The molecule has 0 aliphatic carbocycles. The number of benzene rings is 1. The molecule has 1 amide bonds. The zero-order chi connectivity index (χ0) is 17.7. The zero-order valence-electron chi connectivity index (χ0n) is 14.7. The summed E-state index contributed by atoms with van der Waals surface area (Å²) in [6.45, 7) is 8.78. The number of nitrogens with one attached hydrogen (secondary N) is 1. The maximum Gasteiger partial charge on any atom is 0.271 e. The minimum absolute atomic E-state index is 0.196. The van der Waals surface area contributed by atoms with E-state index in [-0.39, 0.29) is 17.8 Å². The quantitative estimate of drug-likeness (QED) is 0.848. The van der Waals surface area contributed by atoms with E-state index >= 15 is 0 Å². The topological polar surface area (TPSA) is 50.2 Å². The van der Waals surface area contributed by atoms with Gasteiger partial charge in [0.1, 0.15) is 5.82 Å². The van der Waals surface area contributed by atoms with Gasteiger partial charge in [-0.05, 0) is 55.9 Å². The first-order chi connectivity index (χ1) is 11.5. The van der Waals surface area contributed by atoms with Gasteiger partial charge in [0, 0.05) is 19.6 Å². The molecule has 2 rings (SSSR count). The van der Waals surface area contributed by atoms with E-state index in [0.717, 1.165) is 24.3 Å². The smallest absolute Gasteiger partial charge is 0.271 e. The Morgan fingerprint density at radius 1 is 1.29 bits per heavy atom. The van der Waals surface area contributed by atoms with Crippen molar-refractivity contribution in [3.63, 3.8) is 0 Å². The molecule has 1 atom stereocenters. The van der Waals surface area contributed by atoms with Crippen LogP contribution in [0.25, 0.3) is 11.3 Å². The van der Waals surface area contributed by atoms with Gasteiger partial charge in [-0.3, -0.25) is 14.4 Å². The Kier molecular flexibility index (Phi) is 6.09. The van der Waals surface area contributed by atoms with Gasteiger partial charge >= 0.3 is 0 Å². The number of carbonyl (C=O) groups excluding carboxylic acids is 1. The summed E-state index contributed by atoms with van der Waals surface area (Å²) in [7, 11) is 1.77. The molecular weight excluding hydrogens is 307 g/mol. The molecule has 2 aromatic rings. The van der Waals surface area contributed by atoms with Gasteiger partial charge in [-0.15, -0.1) is 0 Å². The zero-order valence-corrected chi connectivity index (χ0v) is 14.7. The lowest BCUT2D eigenvalue weighted by Gasteiger charge is -2.26. The molecule has 0 aliphatic heterocycles. The largest absolute Gasteiger partial charge is 0.349 e. The minimum Gasteiger partial charge on any atom is -0.349 e. The Hall–Kier alpha value is -2.21. The molecule has 1 heterocycles. The van der Waals surface area contributed by atoms with Crippen molar-refractivity contribution in [2.75, 3.05) is 19.6 Å². The summed E-state index contributed by atoms with van der Waals surface area (Å²) in [4.78, 5) is 14.6. The van der Waals surface area contributed by atoms with Crippen molar-refractivity contribution in [2.24, 2.45) is 7.05 Å². The number of halogens is 1. The fourth-order valence-electron chi connectivity index (χ4n) is 2.78. The van der Waals surface area contributed by atoms with E-state index in [9.17, 15) is 9.18 Å². The van der Waals surface area contributed by atoms with Gasteiger partial charge in [0.15, 0.2) is 5.69 Å². The summed E-state index contributed by atoms with van der Waals surface area (Å²) in [6.07, 6.45) is 0. The van der Waals surface area contributed by atoms with Crippen LogP contribution in [0.4, 0.5) is 4.39 Å². The molecular formula is C18H25FN4O. The number of likely N-dealkylation sites (N-methyl/N-ethyl adjacent to an activating group) is 1. The predicted molar refractivity (Wildman–Crippen MR) is 93.3 cm³/mol. The van der Waals surface area contributed by atoms with Crippen LogP contribution in [0.3, 0.4) is 0 Å². The first kappa shape index (κ1) is 18.1. The standard InChI is InChI=1S/C18H25FN4O/c1-5-23(6-2)13(3)12-20-18(24)16-11-17(22(4)21-16)14-7-9-15(19)10-8-14/h7-11,13H,5-6,12H2,1-4H3,(H,20,24). The number of nitrogens with zero attached hydrogens (tertiary/aromatic N) is 3. The normalized spacial score (nSPS) is 12.4. The summed E-state index contributed by atoms with van der Waals surface area (Å²) in [6, 6.07) is 8.14. The average Bonchev–Trinajstić information content (AvgIpc) is 2.96. The van der Waals surface area contributed by atoms with Crippen molar-refractivity contribution in [3.8, 4) is 11.3 Å². The number of aryl methyl sites for hydroxylation is 1. The van der Waals surface area contributed by atoms with Crippen LogP contribution in [0.5, 0.6) is 0 Å². The highest BCUT2D eigenvalue weighted by molar-refractivity contribution is 5.93. The predicted octanol–water partition coefficient (Wildman–Crippen LogP) is 2.69. The van der Waals surface area contributed by atoms with E-state index in [1.165, 1.54) is 12.1 Å². The highest BCUT2D eigenvalue weighted by atomic mass is 19.1. The maximum absolute atomic E-state index is 13.0. The van der Waals surface area contributed by atoms with E-state index in [0.29, 0.717) is 12.2 Å². The van der Waals surface area contributed by atoms with Crippen LogP contribution in [0.15, 0.2) is 30.3 Å². The van der Waals surface area contributed by atoms with Crippen LogP contribution in [-0.2, 0) is 7.05 Å². The summed E-state index contributed by atoms with van der Waals surface area (Å²) < 4.78 is 14.7. The molecule has 130 valence electrons. The van der Waals surface area contributed by atoms with Crippen LogP contribution < -0.4 is 5.32 Å². The van der Waals surface area contributed by atoms with Crippen LogP contribution >= 0.6 is 0 Å². The second-order valence-corrected chi connectivity index (χ2v) is 5.83. The van der Waals surface area contributed by atoms with Gasteiger partial charge in [0.25, 0.3) is 5.91 Å². The van der Waals surface area contributed by atoms with E-state index in [1.807, 2.05) is 0 Å². The third-order valence-corrected chi connectivity index (χ3v) is 4.25. The molecule has 6 heteroatoms. The lowest BCUT2D eigenvalue weighted by Crippen LogP contribution is -2.42.